The third kappa shape index (κ3) is 3.99. The maximum Gasteiger partial charge on any atom is 0.335 e. The number of nitrogens with one attached hydrogen (secondary N) is 1. The fraction of sp³-hybridized carbons (Fsp3) is 0.500. The van der Waals surface area contributed by atoms with Crippen LogP contribution in [0.15, 0.2) is 29.2 Å². The van der Waals surface area contributed by atoms with Crippen LogP contribution in [0.2, 0.25) is 0 Å². The summed E-state index contributed by atoms with van der Waals surface area (Å²) < 4.78 is 27.5. The first-order valence-electron chi connectivity index (χ1n) is 6.91. The average molecular weight is 329 g/mol. The van der Waals surface area contributed by atoms with E-state index in [0.29, 0.717) is 5.25 Å². The molecule has 1 saturated carbocycles. The van der Waals surface area contributed by atoms with Crippen molar-refractivity contribution in [2.24, 2.45) is 0 Å². The molecular formula is C14H19NO4S2. The summed E-state index contributed by atoms with van der Waals surface area (Å²) in [5.74, 6) is -0.176. The summed E-state index contributed by atoms with van der Waals surface area (Å²) in [4.78, 5) is 11.0. The summed E-state index contributed by atoms with van der Waals surface area (Å²) in [7, 11) is -3.68. The van der Waals surface area contributed by atoms with Gasteiger partial charge in [0.05, 0.1) is 10.5 Å². The van der Waals surface area contributed by atoms with E-state index < -0.39 is 16.0 Å². The highest BCUT2D eigenvalue weighted by Crippen LogP contribution is 2.31. The topological polar surface area (TPSA) is 83.5 Å². The van der Waals surface area contributed by atoms with E-state index >= 15 is 0 Å². The van der Waals surface area contributed by atoms with Gasteiger partial charge in [-0.2, -0.15) is 11.8 Å². The van der Waals surface area contributed by atoms with Crippen molar-refractivity contribution in [2.45, 2.75) is 42.4 Å². The van der Waals surface area contributed by atoms with Crippen LogP contribution in [-0.2, 0) is 10.0 Å². The number of thioether (sulfide) groups is 1. The summed E-state index contributed by atoms with van der Waals surface area (Å²) in [6.07, 6.45) is 2.86. The van der Waals surface area contributed by atoms with Crippen molar-refractivity contribution >= 4 is 27.8 Å². The molecule has 21 heavy (non-hydrogen) atoms. The van der Waals surface area contributed by atoms with Crippen molar-refractivity contribution in [2.75, 3.05) is 5.75 Å². The van der Waals surface area contributed by atoms with Crippen LogP contribution in [0.3, 0.4) is 0 Å². The number of carboxylic acids is 1. The van der Waals surface area contributed by atoms with Gasteiger partial charge >= 0.3 is 5.97 Å². The Bertz CT molecular complexity index is 615. The van der Waals surface area contributed by atoms with Crippen LogP contribution in [-0.4, -0.2) is 36.5 Å². The van der Waals surface area contributed by atoms with E-state index in [-0.39, 0.29) is 16.5 Å². The minimum atomic E-state index is -3.68. The number of hydrogen-bond acceptors (Lipinski definition) is 4. The van der Waals surface area contributed by atoms with Crippen LogP contribution in [0.5, 0.6) is 0 Å². The van der Waals surface area contributed by atoms with Gasteiger partial charge in [-0.05, 0) is 36.8 Å². The maximum atomic E-state index is 12.4. The lowest BCUT2D eigenvalue weighted by molar-refractivity contribution is 0.0696. The molecule has 5 nitrogen and oxygen atoms in total. The van der Waals surface area contributed by atoms with Crippen molar-refractivity contribution in [1.29, 1.82) is 0 Å². The standard InChI is InChI=1S/C14H19NO4S2/c1-2-20-13-8-4-7-12(13)15-21(18,19)11-6-3-5-10(9-11)14(16)17/h3,5-6,9,12-13,15H,2,4,7-8H2,1H3,(H,16,17). The van der Waals surface area contributed by atoms with Gasteiger partial charge in [-0.25, -0.2) is 17.9 Å². The molecule has 1 aromatic carbocycles. The van der Waals surface area contributed by atoms with Crippen molar-refractivity contribution in [3.05, 3.63) is 29.8 Å². The number of sulfonamides is 1. The summed E-state index contributed by atoms with van der Waals surface area (Å²) in [5.41, 5.74) is -0.0243. The van der Waals surface area contributed by atoms with Gasteiger partial charge in [-0.1, -0.05) is 19.4 Å². The molecule has 2 unspecified atom stereocenters. The SMILES string of the molecule is CCSC1CCCC1NS(=O)(=O)c1cccc(C(=O)O)c1. The molecule has 0 amide bonds. The second-order valence-corrected chi connectivity index (χ2v) is 8.22. The van der Waals surface area contributed by atoms with Crippen molar-refractivity contribution in [3.8, 4) is 0 Å². The minimum absolute atomic E-state index is 0.00884. The third-order valence-corrected chi connectivity index (χ3v) is 6.34. The number of hydrogen-bond donors (Lipinski definition) is 2. The fourth-order valence-electron chi connectivity index (χ4n) is 2.54. The first-order valence-corrected chi connectivity index (χ1v) is 9.44. The Hall–Kier alpha value is -1.05. The molecule has 1 aliphatic rings. The molecular weight excluding hydrogens is 310 g/mol. The molecule has 0 radical (unpaired) electrons. The first-order chi connectivity index (χ1) is 9.94. The first kappa shape index (κ1) is 16.3. The van der Waals surface area contributed by atoms with Crippen LogP contribution >= 0.6 is 11.8 Å². The Morgan fingerprint density at radius 2 is 2.19 bits per heavy atom. The molecule has 0 bridgehead atoms. The largest absolute Gasteiger partial charge is 0.478 e. The second kappa shape index (κ2) is 6.81. The number of rotatable bonds is 6. The Morgan fingerprint density at radius 1 is 1.43 bits per heavy atom. The van der Waals surface area contributed by atoms with E-state index in [4.69, 9.17) is 5.11 Å². The zero-order valence-corrected chi connectivity index (χ0v) is 13.4. The summed E-state index contributed by atoms with van der Waals surface area (Å²) in [6.45, 7) is 2.06. The van der Waals surface area contributed by atoms with Gasteiger partial charge < -0.3 is 5.11 Å². The van der Waals surface area contributed by atoms with E-state index in [9.17, 15) is 13.2 Å². The lowest BCUT2D eigenvalue weighted by atomic mass is 10.2. The van der Waals surface area contributed by atoms with Crippen LogP contribution in [0.4, 0.5) is 0 Å². The molecule has 0 aliphatic heterocycles. The molecule has 1 aromatic rings. The van der Waals surface area contributed by atoms with E-state index in [1.54, 1.807) is 11.8 Å². The van der Waals surface area contributed by atoms with Crippen molar-refractivity contribution < 1.29 is 18.3 Å². The van der Waals surface area contributed by atoms with Gasteiger partial charge in [-0.15, -0.1) is 0 Å². The van der Waals surface area contributed by atoms with E-state index in [1.807, 2.05) is 0 Å². The van der Waals surface area contributed by atoms with Crippen LogP contribution < -0.4 is 4.72 Å². The Labute approximate surface area is 129 Å². The smallest absolute Gasteiger partial charge is 0.335 e. The van der Waals surface area contributed by atoms with Crippen LogP contribution in [0.1, 0.15) is 36.5 Å². The molecule has 116 valence electrons. The molecule has 0 aromatic heterocycles. The zero-order chi connectivity index (χ0) is 15.5. The fourth-order valence-corrected chi connectivity index (χ4v) is 5.18. The number of aromatic carboxylic acids is 1. The molecule has 0 spiro atoms. The molecule has 2 atom stereocenters. The van der Waals surface area contributed by atoms with Gasteiger partial charge in [-0.3, -0.25) is 0 Å². The minimum Gasteiger partial charge on any atom is -0.478 e. The van der Waals surface area contributed by atoms with Crippen molar-refractivity contribution in [1.82, 2.24) is 4.72 Å². The average Bonchev–Trinajstić information content (AvgIpc) is 2.86. The van der Waals surface area contributed by atoms with Crippen molar-refractivity contribution in [3.63, 3.8) is 0 Å². The summed E-state index contributed by atoms with van der Waals surface area (Å²) in [5, 5.41) is 9.25. The normalized spacial score (nSPS) is 22.3. The number of carbonyl (C=O) groups is 1. The lowest BCUT2D eigenvalue weighted by Crippen LogP contribution is -2.38. The highest BCUT2D eigenvalue weighted by atomic mass is 32.2. The Kier molecular flexibility index (Phi) is 5.29. The molecule has 0 heterocycles. The predicted molar refractivity (Wildman–Crippen MR) is 83.3 cm³/mol. The van der Waals surface area contributed by atoms with Gasteiger partial charge in [0.2, 0.25) is 10.0 Å². The number of benzene rings is 1. The quantitative estimate of drug-likeness (QED) is 0.837. The predicted octanol–water partition coefficient (Wildman–Crippen LogP) is 2.34. The summed E-state index contributed by atoms with van der Waals surface area (Å²) in [6, 6.07) is 5.37. The van der Waals surface area contributed by atoms with E-state index in [0.717, 1.165) is 25.0 Å². The maximum absolute atomic E-state index is 12.4. The van der Waals surface area contributed by atoms with E-state index in [2.05, 4.69) is 11.6 Å². The molecule has 1 fully saturated rings. The van der Waals surface area contributed by atoms with Gasteiger partial charge in [0, 0.05) is 11.3 Å². The summed E-state index contributed by atoms with van der Waals surface area (Å²) >= 11 is 1.77. The number of carboxylic acid groups (broad SMARTS) is 1. The molecule has 2 rings (SSSR count). The second-order valence-electron chi connectivity index (χ2n) is 4.99. The van der Waals surface area contributed by atoms with Crippen LogP contribution in [0.25, 0.3) is 0 Å². The Balaban J connectivity index is 2.18. The van der Waals surface area contributed by atoms with Crippen LogP contribution in [0, 0.1) is 0 Å². The Morgan fingerprint density at radius 3 is 2.86 bits per heavy atom. The molecule has 0 saturated heterocycles. The molecule has 2 N–H and O–H groups in total. The zero-order valence-electron chi connectivity index (χ0n) is 11.8. The van der Waals surface area contributed by atoms with Gasteiger partial charge in [0.1, 0.15) is 0 Å². The lowest BCUT2D eigenvalue weighted by Gasteiger charge is -2.20. The monoisotopic (exact) mass is 329 g/mol. The van der Waals surface area contributed by atoms with Gasteiger partial charge in [0.25, 0.3) is 0 Å². The van der Waals surface area contributed by atoms with E-state index in [1.165, 1.54) is 24.3 Å². The highest BCUT2D eigenvalue weighted by Gasteiger charge is 2.31. The third-order valence-electron chi connectivity index (χ3n) is 3.53. The van der Waals surface area contributed by atoms with Gasteiger partial charge in [0.15, 0.2) is 0 Å². The molecule has 7 heteroatoms. The highest BCUT2D eigenvalue weighted by molar-refractivity contribution is 8.00. The molecule has 1 aliphatic carbocycles.